The first-order valence-electron chi connectivity index (χ1n) is 8.61. The normalized spacial score (nSPS) is 15.4. The number of carbonyl (C=O) groups excluding carboxylic acids is 2. The number of carboxylic acids is 1. The molecule has 0 saturated carbocycles. The van der Waals surface area contributed by atoms with Crippen molar-refractivity contribution in [1.29, 1.82) is 0 Å². The van der Waals surface area contributed by atoms with Gasteiger partial charge in [0.1, 0.15) is 11.9 Å². The molecule has 3 amide bonds. The number of nitrogens with one attached hydrogen (secondary N) is 2. The van der Waals surface area contributed by atoms with Crippen LogP contribution in [0.1, 0.15) is 37.6 Å². The van der Waals surface area contributed by atoms with E-state index in [0.717, 1.165) is 6.07 Å². The van der Waals surface area contributed by atoms with E-state index in [1.807, 2.05) is 20.8 Å². The molecule has 1 aliphatic heterocycles. The summed E-state index contributed by atoms with van der Waals surface area (Å²) < 4.78 is 19.6. The highest BCUT2D eigenvalue weighted by Gasteiger charge is 2.26. The van der Waals surface area contributed by atoms with Crippen molar-refractivity contribution in [2.45, 2.75) is 38.8 Å². The number of urea groups is 1. The molecular weight excluding hydrogens is 357 g/mol. The third-order valence-electron chi connectivity index (χ3n) is 3.91. The van der Waals surface area contributed by atoms with Gasteiger partial charge in [-0.1, -0.05) is 0 Å². The van der Waals surface area contributed by atoms with Crippen LogP contribution in [0.4, 0.5) is 14.9 Å². The maximum Gasteiger partial charge on any atom is 0.326 e. The van der Waals surface area contributed by atoms with Gasteiger partial charge in [-0.05, 0) is 39.0 Å². The van der Waals surface area contributed by atoms with E-state index in [2.05, 4.69) is 10.6 Å². The first-order chi connectivity index (χ1) is 12.6. The molecule has 1 heterocycles. The minimum atomic E-state index is -1.24. The predicted molar refractivity (Wildman–Crippen MR) is 96.4 cm³/mol. The molecule has 2 rings (SSSR count). The number of carbonyl (C=O) groups is 3. The molecule has 1 aromatic carbocycles. The number of amides is 3. The maximum absolute atomic E-state index is 14.1. The van der Waals surface area contributed by atoms with Gasteiger partial charge < -0.3 is 20.5 Å². The molecule has 9 heteroatoms. The number of anilines is 1. The third-order valence-corrected chi connectivity index (χ3v) is 3.91. The second-order valence-corrected chi connectivity index (χ2v) is 7.16. The first-order valence-corrected chi connectivity index (χ1v) is 8.61. The lowest BCUT2D eigenvalue weighted by molar-refractivity contribution is -0.140. The van der Waals surface area contributed by atoms with Crippen molar-refractivity contribution in [3.8, 4) is 0 Å². The highest BCUT2D eigenvalue weighted by molar-refractivity contribution is 5.99. The summed E-state index contributed by atoms with van der Waals surface area (Å²) in [5, 5.41) is 14.2. The Balaban J connectivity index is 2.10. The van der Waals surface area contributed by atoms with Crippen LogP contribution in [0.5, 0.6) is 0 Å². The van der Waals surface area contributed by atoms with Crippen molar-refractivity contribution in [2.75, 3.05) is 24.6 Å². The van der Waals surface area contributed by atoms with Crippen LogP contribution in [0.15, 0.2) is 18.2 Å². The Morgan fingerprint density at radius 2 is 2.11 bits per heavy atom. The smallest absolute Gasteiger partial charge is 0.326 e. The molecule has 27 heavy (non-hydrogen) atoms. The van der Waals surface area contributed by atoms with Gasteiger partial charge in [0.25, 0.3) is 5.91 Å². The van der Waals surface area contributed by atoms with Crippen LogP contribution < -0.4 is 15.5 Å². The van der Waals surface area contributed by atoms with E-state index in [9.17, 15) is 23.9 Å². The number of aliphatic carboxylic acids is 1. The van der Waals surface area contributed by atoms with Crippen molar-refractivity contribution in [2.24, 2.45) is 0 Å². The van der Waals surface area contributed by atoms with Crippen molar-refractivity contribution in [3.63, 3.8) is 0 Å². The maximum atomic E-state index is 14.1. The van der Waals surface area contributed by atoms with Crippen LogP contribution in [0.2, 0.25) is 0 Å². The second-order valence-electron chi connectivity index (χ2n) is 7.16. The quantitative estimate of drug-likeness (QED) is 0.667. The first kappa shape index (κ1) is 20.6. The number of ether oxygens (including phenoxy) is 1. The number of hydrogen-bond acceptors (Lipinski definition) is 4. The zero-order valence-corrected chi connectivity index (χ0v) is 15.5. The van der Waals surface area contributed by atoms with Gasteiger partial charge in [-0.25, -0.2) is 14.0 Å². The molecule has 1 aliphatic rings. The Labute approximate surface area is 156 Å². The lowest BCUT2D eigenvalue weighted by Gasteiger charge is -2.22. The molecule has 0 bridgehead atoms. The minimum Gasteiger partial charge on any atom is -0.480 e. The van der Waals surface area contributed by atoms with Gasteiger partial charge in [0.05, 0.1) is 11.2 Å². The highest BCUT2D eigenvalue weighted by atomic mass is 19.1. The van der Waals surface area contributed by atoms with Gasteiger partial charge in [-0.3, -0.25) is 9.69 Å². The summed E-state index contributed by atoms with van der Waals surface area (Å²) in [6.07, 6.45) is 0.0359. The molecule has 0 aromatic heterocycles. The van der Waals surface area contributed by atoms with Crippen molar-refractivity contribution < 1.29 is 28.6 Å². The molecule has 1 unspecified atom stereocenters. The Hall–Kier alpha value is -2.68. The van der Waals surface area contributed by atoms with E-state index in [1.54, 1.807) is 0 Å². The Kier molecular flexibility index (Phi) is 6.37. The summed E-state index contributed by atoms with van der Waals surface area (Å²) in [4.78, 5) is 36.9. The van der Waals surface area contributed by atoms with Gasteiger partial charge in [-0.2, -0.15) is 0 Å². The monoisotopic (exact) mass is 381 g/mol. The molecule has 1 aromatic rings. The van der Waals surface area contributed by atoms with Crippen molar-refractivity contribution in [1.82, 2.24) is 10.6 Å². The molecule has 0 radical (unpaired) electrons. The van der Waals surface area contributed by atoms with Gasteiger partial charge in [0, 0.05) is 31.8 Å². The van der Waals surface area contributed by atoms with E-state index < -0.39 is 29.3 Å². The average Bonchev–Trinajstić information content (AvgIpc) is 2.99. The fourth-order valence-corrected chi connectivity index (χ4v) is 2.55. The third kappa shape index (κ3) is 5.65. The van der Waals surface area contributed by atoms with Gasteiger partial charge >= 0.3 is 12.0 Å². The number of hydrogen-bond donors (Lipinski definition) is 3. The van der Waals surface area contributed by atoms with Gasteiger partial charge in [0.15, 0.2) is 0 Å². The Morgan fingerprint density at radius 1 is 1.41 bits per heavy atom. The lowest BCUT2D eigenvalue weighted by atomic mass is 10.1. The fourth-order valence-electron chi connectivity index (χ4n) is 2.55. The zero-order chi connectivity index (χ0) is 20.2. The molecule has 1 atom stereocenters. The summed E-state index contributed by atoms with van der Waals surface area (Å²) >= 11 is 0. The van der Waals surface area contributed by atoms with Crippen molar-refractivity contribution >= 4 is 23.6 Å². The lowest BCUT2D eigenvalue weighted by Crippen LogP contribution is -2.42. The SMILES string of the molecule is CC(C)(C)OCCC(NC(=O)c1cc(N2CCNC2=O)ccc1F)C(=O)O. The van der Waals surface area contributed by atoms with Crippen LogP contribution in [0.25, 0.3) is 0 Å². The number of rotatable bonds is 7. The standard InChI is InChI=1S/C18H24FN3O5/c1-18(2,3)27-9-6-14(16(24)25)21-15(23)12-10-11(4-5-13(12)19)22-8-7-20-17(22)26/h4-5,10,14H,6-9H2,1-3H3,(H,20,26)(H,21,23)(H,24,25). The summed E-state index contributed by atoms with van der Waals surface area (Å²) in [5.74, 6) is -2.90. The predicted octanol–water partition coefficient (Wildman–Crippen LogP) is 1.74. The van der Waals surface area contributed by atoms with Crippen LogP contribution in [0.3, 0.4) is 0 Å². The van der Waals surface area contributed by atoms with Crippen molar-refractivity contribution in [3.05, 3.63) is 29.6 Å². The number of benzene rings is 1. The molecule has 0 aliphatic carbocycles. The number of nitrogens with zero attached hydrogens (tertiary/aromatic N) is 1. The van der Waals surface area contributed by atoms with Crippen LogP contribution >= 0.6 is 0 Å². The van der Waals surface area contributed by atoms with E-state index in [0.29, 0.717) is 18.8 Å². The Morgan fingerprint density at radius 3 is 2.67 bits per heavy atom. The van der Waals surface area contributed by atoms with Gasteiger partial charge in [0.2, 0.25) is 0 Å². The molecule has 148 valence electrons. The average molecular weight is 381 g/mol. The van der Waals surface area contributed by atoms with Crippen LogP contribution in [0, 0.1) is 5.82 Å². The molecule has 0 spiro atoms. The number of carboxylic acid groups (broad SMARTS) is 1. The number of halogens is 1. The second kappa shape index (κ2) is 8.34. The summed E-state index contributed by atoms with van der Waals surface area (Å²) in [6.45, 7) is 6.46. The molecular formula is C18H24FN3O5. The molecule has 3 N–H and O–H groups in total. The summed E-state index contributed by atoms with van der Waals surface area (Å²) in [5.41, 5.74) is -0.404. The zero-order valence-electron chi connectivity index (χ0n) is 15.5. The summed E-state index contributed by atoms with van der Waals surface area (Å²) in [6, 6.07) is 2.14. The van der Waals surface area contributed by atoms with Crippen LogP contribution in [-0.2, 0) is 9.53 Å². The minimum absolute atomic E-state index is 0.0359. The largest absolute Gasteiger partial charge is 0.480 e. The van der Waals surface area contributed by atoms with E-state index in [1.165, 1.54) is 17.0 Å². The van der Waals surface area contributed by atoms with E-state index in [-0.39, 0.29) is 24.6 Å². The topological polar surface area (TPSA) is 108 Å². The highest BCUT2D eigenvalue weighted by Crippen LogP contribution is 2.21. The molecule has 1 saturated heterocycles. The van der Waals surface area contributed by atoms with Crippen LogP contribution in [-0.4, -0.2) is 54.4 Å². The van der Waals surface area contributed by atoms with Gasteiger partial charge in [-0.15, -0.1) is 0 Å². The van der Waals surface area contributed by atoms with E-state index >= 15 is 0 Å². The summed E-state index contributed by atoms with van der Waals surface area (Å²) in [7, 11) is 0. The van der Waals surface area contributed by atoms with E-state index in [4.69, 9.17) is 4.74 Å². The fraction of sp³-hybridized carbons (Fsp3) is 0.500. The molecule has 1 fully saturated rings. The Bertz CT molecular complexity index is 732. The molecule has 8 nitrogen and oxygen atoms in total.